The van der Waals surface area contributed by atoms with Crippen molar-refractivity contribution < 1.29 is 19.7 Å². The zero-order valence-corrected chi connectivity index (χ0v) is 6.41. The van der Waals surface area contributed by atoms with Crippen LogP contribution in [0.4, 0.5) is 4.79 Å². The van der Waals surface area contributed by atoms with Crippen molar-refractivity contribution in [1.82, 2.24) is 5.32 Å². The number of ether oxygens (including phenoxy) is 1. The molecule has 0 saturated heterocycles. The zero-order chi connectivity index (χ0) is 8.69. The molecule has 0 aliphatic carbocycles. The number of aliphatic hydroxyl groups excluding tert-OH is 2. The molecule has 66 valence electrons. The molecule has 0 bridgehead atoms. The highest BCUT2D eigenvalue weighted by molar-refractivity contribution is 5.67. The lowest BCUT2D eigenvalue weighted by Gasteiger charge is -2.09. The maximum absolute atomic E-state index is 10.6. The van der Waals surface area contributed by atoms with Gasteiger partial charge in [-0.05, 0) is 6.92 Å². The number of carbonyl (C=O) groups is 1. The van der Waals surface area contributed by atoms with Crippen LogP contribution in [-0.4, -0.2) is 42.2 Å². The quantitative estimate of drug-likeness (QED) is 0.501. The predicted molar refractivity (Wildman–Crippen MR) is 38.1 cm³/mol. The molecule has 0 unspecified atom stereocenters. The molecule has 0 spiro atoms. The fourth-order valence-electron chi connectivity index (χ4n) is 0.420. The average Bonchev–Trinajstić information content (AvgIpc) is 2.00. The minimum atomic E-state index is -0.624. The fraction of sp³-hybridized carbons (Fsp3) is 0.833. The van der Waals surface area contributed by atoms with Crippen molar-refractivity contribution >= 4 is 6.09 Å². The van der Waals surface area contributed by atoms with Gasteiger partial charge in [0, 0.05) is 6.54 Å². The second-order valence-corrected chi connectivity index (χ2v) is 2.05. The molecule has 1 amide bonds. The lowest BCUT2D eigenvalue weighted by molar-refractivity contribution is 0.0672. The molecule has 0 aromatic heterocycles. The summed E-state index contributed by atoms with van der Waals surface area (Å²) in [6.07, 6.45) is -1.13. The van der Waals surface area contributed by atoms with Crippen LogP contribution in [0.3, 0.4) is 0 Å². The van der Waals surface area contributed by atoms with Crippen LogP contribution in [0.25, 0.3) is 0 Å². The standard InChI is InChI=1S/C6H13NO4/c1-5(4-9)11-6(10)7-2-3-8/h5,8-9H,2-4H2,1H3,(H,7,10)/t5-/m0/s1. The summed E-state index contributed by atoms with van der Waals surface area (Å²) < 4.78 is 4.59. The van der Waals surface area contributed by atoms with E-state index in [0.29, 0.717) is 0 Å². The van der Waals surface area contributed by atoms with Crippen LogP contribution in [0.1, 0.15) is 6.92 Å². The molecule has 0 aromatic carbocycles. The SMILES string of the molecule is C[C@@H](CO)OC(=O)NCCO. The molecule has 0 heterocycles. The molecule has 0 saturated carbocycles. The van der Waals surface area contributed by atoms with Crippen LogP contribution in [-0.2, 0) is 4.74 Å². The molecule has 11 heavy (non-hydrogen) atoms. The first-order chi connectivity index (χ1) is 5.20. The van der Waals surface area contributed by atoms with Crippen LogP contribution in [0.5, 0.6) is 0 Å². The van der Waals surface area contributed by atoms with Gasteiger partial charge in [0.2, 0.25) is 0 Å². The van der Waals surface area contributed by atoms with Gasteiger partial charge in [-0.25, -0.2) is 4.79 Å². The lowest BCUT2D eigenvalue weighted by Crippen LogP contribution is -2.31. The molecule has 0 fully saturated rings. The highest BCUT2D eigenvalue weighted by atomic mass is 16.6. The van der Waals surface area contributed by atoms with Gasteiger partial charge in [-0.2, -0.15) is 0 Å². The van der Waals surface area contributed by atoms with Gasteiger partial charge < -0.3 is 20.3 Å². The molecule has 0 aromatic rings. The van der Waals surface area contributed by atoms with Gasteiger partial charge in [0.1, 0.15) is 6.10 Å². The monoisotopic (exact) mass is 163 g/mol. The molecule has 5 nitrogen and oxygen atoms in total. The van der Waals surface area contributed by atoms with Crippen molar-refractivity contribution in [3.05, 3.63) is 0 Å². The van der Waals surface area contributed by atoms with E-state index < -0.39 is 12.2 Å². The summed E-state index contributed by atoms with van der Waals surface area (Å²) in [5.41, 5.74) is 0. The van der Waals surface area contributed by atoms with E-state index in [9.17, 15) is 4.79 Å². The Morgan fingerprint density at radius 3 is 2.73 bits per heavy atom. The third kappa shape index (κ3) is 5.63. The number of hydrogen-bond acceptors (Lipinski definition) is 4. The van der Waals surface area contributed by atoms with E-state index in [-0.39, 0.29) is 19.8 Å². The Balaban J connectivity index is 3.36. The van der Waals surface area contributed by atoms with Crippen LogP contribution < -0.4 is 5.32 Å². The van der Waals surface area contributed by atoms with E-state index in [1.165, 1.54) is 0 Å². The second kappa shape index (κ2) is 5.94. The first-order valence-corrected chi connectivity index (χ1v) is 3.37. The minimum absolute atomic E-state index is 0.122. The second-order valence-electron chi connectivity index (χ2n) is 2.05. The number of hydrogen-bond donors (Lipinski definition) is 3. The van der Waals surface area contributed by atoms with Crippen molar-refractivity contribution in [3.8, 4) is 0 Å². The van der Waals surface area contributed by atoms with Crippen molar-refractivity contribution in [3.63, 3.8) is 0 Å². The molecule has 1 atom stereocenters. The van der Waals surface area contributed by atoms with Gasteiger partial charge in [-0.3, -0.25) is 0 Å². The van der Waals surface area contributed by atoms with E-state index in [2.05, 4.69) is 10.1 Å². The Bertz CT molecular complexity index is 117. The lowest BCUT2D eigenvalue weighted by atomic mass is 10.4. The smallest absolute Gasteiger partial charge is 0.407 e. The Labute approximate surface area is 65.0 Å². The van der Waals surface area contributed by atoms with Gasteiger partial charge in [0.05, 0.1) is 13.2 Å². The Kier molecular flexibility index (Phi) is 5.50. The van der Waals surface area contributed by atoms with Crippen molar-refractivity contribution in [2.45, 2.75) is 13.0 Å². The zero-order valence-electron chi connectivity index (χ0n) is 6.41. The van der Waals surface area contributed by atoms with Crippen LogP contribution >= 0.6 is 0 Å². The topological polar surface area (TPSA) is 78.8 Å². The molecular weight excluding hydrogens is 150 g/mol. The molecular formula is C6H13NO4. The maximum Gasteiger partial charge on any atom is 0.407 e. The highest BCUT2D eigenvalue weighted by Crippen LogP contribution is 1.87. The average molecular weight is 163 g/mol. The minimum Gasteiger partial charge on any atom is -0.444 e. The highest BCUT2D eigenvalue weighted by Gasteiger charge is 2.05. The van der Waals surface area contributed by atoms with Gasteiger partial charge in [0.15, 0.2) is 0 Å². The number of rotatable bonds is 4. The summed E-state index contributed by atoms with van der Waals surface area (Å²) in [6.45, 7) is 1.41. The van der Waals surface area contributed by atoms with Crippen LogP contribution in [0, 0.1) is 0 Å². The van der Waals surface area contributed by atoms with Crippen molar-refractivity contribution in [2.75, 3.05) is 19.8 Å². The van der Waals surface area contributed by atoms with Crippen molar-refractivity contribution in [1.29, 1.82) is 0 Å². The van der Waals surface area contributed by atoms with Crippen molar-refractivity contribution in [2.24, 2.45) is 0 Å². The largest absolute Gasteiger partial charge is 0.444 e. The molecule has 3 N–H and O–H groups in total. The van der Waals surface area contributed by atoms with Gasteiger partial charge >= 0.3 is 6.09 Å². The fourth-order valence-corrected chi connectivity index (χ4v) is 0.420. The Morgan fingerprint density at radius 2 is 2.27 bits per heavy atom. The molecule has 5 heteroatoms. The maximum atomic E-state index is 10.6. The predicted octanol–water partition coefficient (Wildman–Crippen LogP) is -0.914. The number of carbonyl (C=O) groups excluding carboxylic acids is 1. The van der Waals surface area contributed by atoms with Gasteiger partial charge in [-0.15, -0.1) is 0 Å². The third-order valence-electron chi connectivity index (χ3n) is 0.946. The number of amides is 1. The summed E-state index contributed by atoms with van der Waals surface area (Å²) in [7, 11) is 0. The molecule has 0 radical (unpaired) electrons. The number of aliphatic hydroxyl groups is 2. The van der Waals surface area contributed by atoms with Crippen LogP contribution in [0.2, 0.25) is 0 Å². The van der Waals surface area contributed by atoms with Gasteiger partial charge in [-0.1, -0.05) is 0 Å². The van der Waals surface area contributed by atoms with E-state index in [0.717, 1.165) is 0 Å². The number of nitrogens with one attached hydrogen (secondary N) is 1. The van der Waals surface area contributed by atoms with E-state index >= 15 is 0 Å². The summed E-state index contributed by atoms with van der Waals surface area (Å²) in [6, 6.07) is 0. The third-order valence-corrected chi connectivity index (χ3v) is 0.946. The summed E-state index contributed by atoms with van der Waals surface area (Å²) >= 11 is 0. The Morgan fingerprint density at radius 1 is 1.64 bits per heavy atom. The molecule has 0 aliphatic heterocycles. The summed E-state index contributed by atoms with van der Waals surface area (Å²) in [5.74, 6) is 0. The molecule has 0 aliphatic rings. The first-order valence-electron chi connectivity index (χ1n) is 3.37. The normalized spacial score (nSPS) is 12.3. The van der Waals surface area contributed by atoms with Crippen LogP contribution in [0.15, 0.2) is 0 Å². The van der Waals surface area contributed by atoms with E-state index in [1.807, 2.05) is 0 Å². The summed E-state index contributed by atoms with van der Waals surface area (Å²) in [4.78, 5) is 10.6. The first kappa shape index (κ1) is 10.2. The van der Waals surface area contributed by atoms with E-state index in [1.54, 1.807) is 6.92 Å². The van der Waals surface area contributed by atoms with Gasteiger partial charge in [0.25, 0.3) is 0 Å². The van der Waals surface area contributed by atoms with E-state index in [4.69, 9.17) is 10.2 Å². The summed E-state index contributed by atoms with van der Waals surface area (Å²) in [5, 5.41) is 19.0. The number of alkyl carbamates (subject to hydrolysis) is 1. The Hall–Kier alpha value is -0.810. The molecule has 0 rings (SSSR count).